The maximum Gasteiger partial charge on any atom is 0.306 e. The highest BCUT2D eigenvalue weighted by atomic mass is 16.6. The molecule has 0 rings (SSSR count). The number of carbonyl (C=O) groups excluding carboxylic acids is 3. The van der Waals surface area contributed by atoms with Gasteiger partial charge in [-0.1, -0.05) is 324 Å². The lowest BCUT2D eigenvalue weighted by atomic mass is 9.99. The molecule has 6 heteroatoms. The molecular formula is C64H124O6. The first-order valence-corrected chi connectivity index (χ1v) is 31.8. The minimum absolute atomic E-state index is 0.0620. The Kier molecular flexibility index (Phi) is 55.4. The summed E-state index contributed by atoms with van der Waals surface area (Å²) in [6.45, 7) is 11.5. The zero-order chi connectivity index (χ0) is 51.1. The van der Waals surface area contributed by atoms with E-state index in [1.807, 2.05) is 0 Å². The highest BCUT2D eigenvalue weighted by Crippen LogP contribution is 2.19. The summed E-state index contributed by atoms with van der Waals surface area (Å²) in [6.07, 6.45) is 62.4. The topological polar surface area (TPSA) is 78.9 Å². The Labute approximate surface area is 438 Å². The standard InChI is InChI=1S/C64H124O6/c1-6-8-9-10-11-12-13-14-15-21-24-29-34-39-44-49-54-62(65)68-57-61(58-69-63(66)55-50-45-40-35-31-26-27-32-37-42-47-52-59(3)4)70-64(67)56-51-46-41-36-30-25-22-19-17-16-18-20-23-28-33-38-43-48-53-60(5)7-2/h59-61H,6-58H2,1-5H3/t60?,61-/m0/s1. The van der Waals surface area contributed by atoms with Gasteiger partial charge in [0.1, 0.15) is 13.2 Å². The molecule has 6 nitrogen and oxygen atoms in total. The van der Waals surface area contributed by atoms with Crippen LogP contribution in [0.1, 0.15) is 362 Å². The SMILES string of the molecule is CCCCCCCCCCCCCCCCCCC(=O)OC[C@@H](COC(=O)CCCCCCCCCCCCCC(C)C)OC(=O)CCCCCCCCCCCCCCCCCCCCC(C)CC. The Bertz CT molecular complexity index is 1070. The van der Waals surface area contributed by atoms with Crippen molar-refractivity contribution in [2.75, 3.05) is 13.2 Å². The summed E-state index contributed by atoms with van der Waals surface area (Å²) in [6, 6.07) is 0. The predicted molar refractivity (Wildman–Crippen MR) is 303 cm³/mol. The van der Waals surface area contributed by atoms with Gasteiger partial charge in [-0.05, 0) is 31.1 Å². The van der Waals surface area contributed by atoms with Gasteiger partial charge in [0.2, 0.25) is 0 Å². The predicted octanol–water partition coefficient (Wildman–Crippen LogP) is 21.2. The molecule has 70 heavy (non-hydrogen) atoms. The van der Waals surface area contributed by atoms with Crippen molar-refractivity contribution < 1.29 is 28.6 Å². The Morgan fingerprint density at radius 3 is 0.814 bits per heavy atom. The number of unbranched alkanes of at least 4 members (excludes halogenated alkanes) is 42. The molecule has 0 saturated heterocycles. The number of rotatable bonds is 58. The van der Waals surface area contributed by atoms with Crippen LogP contribution in [0.5, 0.6) is 0 Å². The fourth-order valence-corrected chi connectivity index (χ4v) is 9.90. The van der Waals surface area contributed by atoms with E-state index in [1.165, 1.54) is 250 Å². The molecular weight excluding hydrogens is 865 g/mol. The number of carbonyl (C=O) groups is 3. The van der Waals surface area contributed by atoms with E-state index in [-0.39, 0.29) is 31.1 Å². The second kappa shape index (κ2) is 56.7. The summed E-state index contributed by atoms with van der Waals surface area (Å²) in [5.41, 5.74) is 0. The van der Waals surface area contributed by atoms with Crippen molar-refractivity contribution in [2.24, 2.45) is 11.8 Å². The van der Waals surface area contributed by atoms with Gasteiger partial charge in [-0.25, -0.2) is 0 Å². The van der Waals surface area contributed by atoms with Crippen molar-refractivity contribution in [3.05, 3.63) is 0 Å². The summed E-state index contributed by atoms with van der Waals surface area (Å²) >= 11 is 0. The average molecular weight is 990 g/mol. The van der Waals surface area contributed by atoms with Crippen LogP contribution < -0.4 is 0 Å². The molecule has 0 heterocycles. The van der Waals surface area contributed by atoms with Gasteiger partial charge in [-0.15, -0.1) is 0 Å². The lowest BCUT2D eigenvalue weighted by molar-refractivity contribution is -0.167. The molecule has 0 amide bonds. The number of hydrogen-bond acceptors (Lipinski definition) is 6. The molecule has 0 saturated carbocycles. The molecule has 1 unspecified atom stereocenters. The first-order valence-electron chi connectivity index (χ1n) is 31.8. The van der Waals surface area contributed by atoms with Gasteiger partial charge >= 0.3 is 17.9 Å². The van der Waals surface area contributed by atoms with Gasteiger partial charge in [-0.3, -0.25) is 14.4 Å². The molecule has 0 aromatic rings. The molecule has 0 fully saturated rings. The van der Waals surface area contributed by atoms with E-state index < -0.39 is 6.10 Å². The smallest absolute Gasteiger partial charge is 0.306 e. The van der Waals surface area contributed by atoms with Crippen molar-refractivity contribution in [2.45, 2.75) is 368 Å². The average Bonchev–Trinajstić information content (AvgIpc) is 3.35. The molecule has 0 aliphatic carbocycles. The number of esters is 3. The monoisotopic (exact) mass is 989 g/mol. The van der Waals surface area contributed by atoms with E-state index in [4.69, 9.17) is 14.2 Å². The fraction of sp³-hybridized carbons (Fsp3) is 0.953. The lowest BCUT2D eigenvalue weighted by Gasteiger charge is -2.18. The van der Waals surface area contributed by atoms with E-state index in [0.29, 0.717) is 19.3 Å². The van der Waals surface area contributed by atoms with Crippen molar-refractivity contribution in [3.8, 4) is 0 Å². The van der Waals surface area contributed by atoms with Crippen LogP contribution in [0.25, 0.3) is 0 Å². The van der Waals surface area contributed by atoms with Crippen molar-refractivity contribution in [1.82, 2.24) is 0 Å². The van der Waals surface area contributed by atoms with Gasteiger partial charge in [-0.2, -0.15) is 0 Å². The fourth-order valence-electron chi connectivity index (χ4n) is 9.90. The van der Waals surface area contributed by atoms with E-state index in [2.05, 4.69) is 34.6 Å². The minimum atomic E-state index is -0.763. The van der Waals surface area contributed by atoms with Gasteiger partial charge < -0.3 is 14.2 Å². The maximum atomic E-state index is 12.9. The molecule has 0 spiro atoms. The van der Waals surface area contributed by atoms with E-state index >= 15 is 0 Å². The van der Waals surface area contributed by atoms with Gasteiger partial charge in [0.25, 0.3) is 0 Å². The third-order valence-electron chi connectivity index (χ3n) is 15.1. The third-order valence-corrected chi connectivity index (χ3v) is 15.1. The van der Waals surface area contributed by atoms with Crippen LogP contribution in [0.3, 0.4) is 0 Å². The van der Waals surface area contributed by atoms with Crippen LogP contribution >= 0.6 is 0 Å². The van der Waals surface area contributed by atoms with E-state index in [1.54, 1.807) is 0 Å². The molecule has 0 aromatic carbocycles. The van der Waals surface area contributed by atoms with E-state index in [0.717, 1.165) is 69.6 Å². The quantitative estimate of drug-likeness (QED) is 0.0343. The molecule has 0 radical (unpaired) electrons. The van der Waals surface area contributed by atoms with Crippen LogP contribution in [0.4, 0.5) is 0 Å². The molecule has 0 aromatic heterocycles. The summed E-state index contributed by atoms with van der Waals surface area (Å²) in [7, 11) is 0. The van der Waals surface area contributed by atoms with Gasteiger partial charge in [0.15, 0.2) is 6.10 Å². The molecule has 2 atom stereocenters. The molecule has 0 bridgehead atoms. The van der Waals surface area contributed by atoms with Gasteiger partial charge in [0.05, 0.1) is 0 Å². The Hall–Kier alpha value is -1.59. The molecule has 0 N–H and O–H groups in total. The highest BCUT2D eigenvalue weighted by molar-refractivity contribution is 5.71. The van der Waals surface area contributed by atoms with E-state index in [9.17, 15) is 14.4 Å². The van der Waals surface area contributed by atoms with Crippen molar-refractivity contribution in [1.29, 1.82) is 0 Å². The second-order valence-corrected chi connectivity index (χ2v) is 22.8. The minimum Gasteiger partial charge on any atom is -0.462 e. The van der Waals surface area contributed by atoms with Crippen molar-refractivity contribution >= 4 is 17.9 Å². The normalized spacial score (nSPS) is 12.4. The molecule has 0 aliphatic rings. The first-order chi connectivity index (χ1) is 34.3. The lowest BCUT2D eigenvalue weighted by Crippen LogP contribution is -2.30. The number of ether oxygens (including phenoxy) is 3. The summed E-state index contributed by atoms with van der Waals surface area (Å²) in [5.74, 6) is 0.903. The maximum absolute atomic E-state index is 12.9. The van der Waals surface area contributed by atoms with Crippen LogP contribution in [-0.2, 0) is 28.6 Å². The van der Waals surface area contributed by atoms with Crippen molar-refractivity contribution in [3.63, 3.8) is 0 Å². The van der Waals surface area contributed by atoms with Crippen LogP contribution in [-0.4, -0.2) is 37.2 Å². The Morgan fingerprint density at radius 2 is 0.543 bits per heavy atom. The first kappa shape index (κ1) is 68.4. The zero-order valence-electron chi connectivity index (χ0n) is 48.2. The zero-order valence-corrected chi connectivity index (χ0v) is 48.2. The summed E-state index contributed by atoms with van der Waals surface area (Å²) in [4.78, 5) is 38.3. The van der Waals surface area contributed by atoms with Crippen LogP contribution in [0.15, 0.2) is 0 Å². The highest BCUT2D eigenvalue weighted by Gasteiger charge is 2.19. The molecule has 416 valence electrons. The summed E-state index contributed by atoms with van der Waals surface area (Å²) < 4.78 is 16.9. The molecule has 0 aliphatic heterocycles. The second-order valence-electron chi connectivity index (χ2n) is 22.8. The number of hydrogen-bond donors (Lipinski definition) is 0. The Balaban J connectivity index is 4.26. The van der Waals surface area contributed by atoms with Crippen LogP contribution in [0.2, 0.25) is 0 Å². The third kappa shape index (κ3) is 55.7. The summed E-state index contributed by atoms with van der Waals surface area (Å²) in [5, 5.41) is 0. The van der Waals surface area contributed by atoms with Crippen LogP contribution in [0, 0.1) is 11.8 Å². The van der Waals surface area contributed by atoms with Gasteiger partial charge in [0, 0.05) is 19.3 Å². The largest absolute Gasteiger partial charge is 0.462 e. The Morgan fingerprint density at radius 1 is 0.300 bits per heavy atom.